The number of hydrogen-bond acceptors (Lipinski definition) is 10. The van der Waals surface area contributed by atoms with E-state index in [1.54, 1.807) is 31.7 Å². The van der Waals surface area contributed by atoms with Crippen LogP contribution in [0.5, 0.6) is 0 Å². The standard InChI is InChI=1S/C23H25N5O.C5H13NO3.C3H6/c24-20(15-27-21-9-7-19(8-10-21)11-14-29)16-28(17-22-5-1-3-12-25-22)18-23-6-2-4-13-26-23;1-6-5(2-7,3-8)4-9;1-3-2/h1-10,12-15,27H,11,16-18,24H2;6-9H,2-4H2,1H3;3H,1H2,2H3/b20-15-;;. The molecule has 222 valence electrons. The molecular weight excluding hydrogens is 520 g/mol. The van der Waals surface area contributed by atoms with Gasteiger partial charge in [0, 0.05) is 56.0 Å². The first kappa shape index (κ1) is 35.1. The van der Waals surface area contributed by atoms with E-state index in [0.29, 0.717) is 31.8 Å². The van der Waals surface area contributed by atoms with Crippen molar-refractivity contribution in [3.8, 4) is 0 Å². The van der Waals surface area contributed by atoms with E-state index in [9.17, 15) is 4.79 Å². The van der Waals surface area contributed by atoms with Gasteiger partial charge in [-0.25, -0.2) is 0 Å². The third kappa shape index (κ3) is 14.3. The SMILES string of the molecule is C=CC.CNC(CO)(CO)CO.N/C(=C\Nc1ccc(CC=O)cc1)CN(Cc1ccccn1)Cc1ccccn1. The summed E-state index contributed by atoms with van der Waals surface area (Å²) in [5, 5.41) is 31.6. The molecule has 0 saturated heterocycles. The highest BCUT2D eigenvalue weighted by atomic mass is 16.3. The second-order valence-corrected chi connectivity index (χ2v) is 9.13. The topological polar surface area (TPSA) is 157 Å². The van der Waals surface area contributed by atoms with Gasteiger partial charge in [-0.2, -0.15) is 0 Å². The average molecular weight is 565 g/mol. The Balaban J connectivity index is 0.000000592. The van der Waals surface area contributed by atoms with Crippen molar-refractivity contribution in [2.75, 3.05) is 38.7 Å². The molecule has 0 aliphatic rings. The number of carbonyl (C=O) groups excluding carboxylic acids is 1. The van der Waals surface area contributed by atoms with Crippen molar-refractivity contribution < 1.29 is 20.1 Å². The highest BCUT2D eigenvalue weighted by Crippen LogP contribution is 2.11. The molecule has 0 aliphatic carbocycles. The van der Waals surface area contributed by atoms with E-state index >= 15 is 0 Å². The van der Waals surface area contributed by atoms with Crippen LogP contribution in [0, 0.1) is 0 Å². The summed E-state index contributed by atoms with van der Waals surface area (Å²) in [4.78, 5) is 21.6. The van der Waals surface area contributed by atoms with E-state index in [-0.39, 0.29) is 19.8 Å². The van der Waals surface area contributed by atoms with Gasteiger partial charge >= 0.3 is 0 Å². The number of aromatic nitrogens is 2. The Morgan fingerprint density at radius 1 is 0.951 bits per heavy atom. The molecule has 7 N–H and O–H groups in total. The molecule has 0 amide bonds. The van der Waals surface area contributed by atoms with Crippen LogP contribution in [0.25, 0.3) is 0 Å². The molecule has 10 heteroatoms. The predicted molar refractivity (Wildman–Crippen MR) is 164 cm³/mol. The molecule has 0 aliphatic heterocycles. The number of aldehydes is 1. The molecule has 0 radical (unpaired) electrons. The van der Waals surface area contributed by atoms with Crippen LogP contribution in [0.1, 0.15) is 23.9 Å². The Morgan fingerprint density at radius 3 is 1.83 bits per heavy atom. The number of nitrogens with zero attached hydrogens (tertiary/aromatic N) is 3. The molecule has 0 saturated carbocycles. The molecule has 41 heavy (non-hydrogen) atoms. The van der Waals surface area contributed by atoms with Crippen LogP contribution in [0.15, 0.2) is 97.6 Å². The second kappa shape index (κ2) is 20.9. The lowest BCUT2D eigenvalue weighted by molar-refractivity contribution is -0.107. The molecule has 0 unspecified atom stereocenters. The summed E-state index contributed by atoms with van der Waals surface area (Å²) in [6.07, 6.45) is 8.47. The van der Waals surface area contributed by atoms with Crippen molar-refractivity contribution in [1.29, 1.82) is 0 Å². The van der Waals surface area contributed by atoms with Gasteiger partial charge in [0.05, 0.1) is 36.7 Å². The molecule has 0 spiro atoms. The summed E-state index contributed by atoms with van der Waals surface area (Å²) in [6, 6.07) is 19.5. The molecular formula is C31H44N6O4. The molecule has 0 atom stereocenters. The van der Waals surface area contributed by atoms with Crippen molar-refractivity contribution in [1.82, 2.24) is 20.2 Å². The smallest absolute Gasteiger partial charge is 0.124 e. The van der Waals surface area contributed by atoms with Gasteiger partial charge in [-0.05, 0) is 55.9 Å². The quantitative estimate of drug-likeness (QED) is 0.127. The normalized spacial score (nSPS) is 11.0. The van der Waals surface area contributed by atoms with E-state index in [1.165, 1.54) is 0 Å². The molecule has 3 aromatic rings. The van der Waals surface area contributed by atoms with E-state index in [1.807, 2.05) is 67.6 Å². The predicted octanol–water partition coefficient (Wildman–Crippen LogP) is 2.25. The molecule has 2 heterocycles. The van der Waals surface area contributed by atoms with Crippen molar-refractivity contribution in [3.63, 3.8) is 0 Å². The fourth-order valence-corrected chi connectivity index (χ4v) is 3.31. The van der Waals surface area contributed by atoms with Crippen molar-refractivity contribution in [3.05, 3.63) is 115 Å². The van der Waals surface area contributed by atoms with Crippen LogP contribution in [0.2, 0.25) is 0 Å². The number of likely N-dealkylation sites (N-methyl/N-ethyl adjacent to an activating group) is 1. The number of aliphatic hydroxyl groups excluding tert-OH is 3. The van der Waals surface area contributed by atoms with Gasteiger partial charge in [0.2, 0.25) is 0 Å². The average Bonchev–Trinajstić information content (AvgIpc) is 3.00. The van der Waals surface area contributed by atoms with Crippen LogP contribution in [-0.2, 0) is 24.3 Å². The van der Waals surface area contributed by atoms with Crippen molar-refractivity contribution >= 4 is 12.0 Å². The number of benzene rings is 1. The minimum atomic E-state index is -0.917. The lowest BCUT2D eigenvalue weighted by atomic mass is 10.1. The lowest BCUT2D eigenvalue weighted by Gasteiger charge is -2.26. The Bertz CT molecular complexity index is 1070. The van der Waals surface area contributed by atoms with Gasteiger partial charge in [-0.15, -0.1) is 6.58 Å². The first-order chi connectivity index (χ1) is 19.9. The molecule has 2 aromatic heterocycles. The fourth-order valence-electron chi connectivity index (χ4n) is 3.31. The zero-order chi connectivity index (χ0) is 30.3. The molecule has 10 nitrogen and oxygen atoms in total. The molecule has 3 rings (SSSR count). The van der Waals surface area contributed by atoms with Gasteiger partial charge in [0.1, 0.15) is 6.29 Å². The zero-order valence-corrected chi connectivity index (χ0v) is 24.0. The minimum absolute atomic E-state index is 0.267. The second-order valence-electron chi connectivity index (χ2n) is 9.13. The van der Waals surface area contributed by atoms with Crippen LogP contribution in [-0.4, -0.2) is 75.4 Å². The van der Waals surface area contributed by atoms with Gasteiger partial charge < -0.3 is 36.5 Å². The number of nitrogens with one attached hydrogen (secondary N) is 2. The maximum absolute atomic E-state index is 10.6. The van der Waals surface area contributed by atoms with E-state index < -0.39 is 5.54 Å². The number of pyridine rings is 2. The molecule has 1 aromatic carbocycles. The number of hydrogen-bond donors (Lipinski definition) is 6. The van der Waals surface area contributed by atoms with Crippen LogP contribution in [0.4, 0.5) is 5.69 Å². The summed E-state index contributed by atoms with van der Waals surface area (Å²) in [5.41, 5.74) is 9.93. The van der Waals surface area contributed by atoms with Crippen molar-refractivity contribution in [2.24, 2.45) is 5.73 Å². The first-order valence-electron chi connectivity index (χ1n) is 13.2. The summed E-state index contributed by atoms with van der Waals surface area (Å²) in [6.45, 7) is 6.37. The van der Waals surface area contributed by atoms with Gasteiger partial charge in [0.15, 0.2) is 0 Å². The number of nitrogens with two attached hydrogens (primary N) is 1. The van der Waals surface area contributed by atoms with Gasteiger partial charge in [0.25, 0.3) is 0 Å². The maximum Gasteiger partial charge on any atom is 0.124 e. The Morgan fingerprint density at radius 2 is 1.46 bits per heavy atom. The van der Waals surface area contributed by atoms with E-state index in [2.05, 4.69) is 32.1 Å². The Hall–Kier alpha value is -3.93. The fraction of sp³-hybridized carbons (Fsp3) is 0.323. The number of aliphatic hydroxyl groups is 3. The monoisotopic (exact) mass is 564 g/mol. The van der Waals surface area contributed by atoms with Crippen LogP contribution in [0.3, 0.4) is 0 Å². The zero-order valence-electron chi connectivity index (χ0n) is 24.0. The number of rotatable bonds is 14. The summed E-state index contributed by atoms with van der Waals surface area (Å²) < 4.78 is 0. The minimum Gasteiger partial charge on any atom is -0.400 e. The Kier molecular flexibility index (Phi) is 17.9. The first-order valence-corrected chi connectivity index (χ1v) is 13.2. The van der Waals surface area contributed by atoms with Gasteiger partial charge in [-0.1, -0.05) is 30.3 Å². The lowest BCUT2D eigenvalue weighted by Crippen LogP contribution is -2.52. The molecule has 0 fully saturated rings. The van der Waals surface area contributed by atoms with Gasteiger partial charge in [-0.3, -0.25) is 14.9 Å². The third-order valence-electron chi connectivity index (χ3n) is 5.77. The maximum atomic E-state index is 10.6. The Labute approximate surface area is 243 Å². The van der Waals surface area contributed by atoms with Crippen LogP contribution < -0.4 is 16.4 Å². The number of allylic oxidation sites excluding steroid dienone is 1. The number of anilines is 1. The number of carbonyl (C=O) groups is 1. The highest BCUT2D eigenvalue weighted by Gasteiger charge is 2.24. The largest absolute Gasteiger partial charge is 0.400 e. The summed E-state index contributed by atoms with van der Waals surface area (Å²) in [5.74, 6) is 0. The van der Waals surface area contributed by atoms with E-state index in [0.717, 1.165) is 28.9 Å². The summed E-state index contributed by atoms with van der Waals surface area (Å²) in [7, 11) is 1.57. The van der Waals surface area contributed by atoms with E-state index in [4.69, 9.17) is 21.1 Å². The van der Waals surface area contributed by atoms with Crippen molar-refractivity contribution in [2.45, 2.75) is 32.0 Å². The third-order valence-corrected chi connectivity index (χ3v) is 5.77. The summed E-state index contributed by atoms with van der Waals surface area (Å²) >= 11 is 0. The highest BCUT2D eigenvalue weighted by molar-refractivity contribution is 5.56. The molecule has 0 bridgehead atoms. The van der Waals surface area contributed by atoms with Crippen LogP contribution >= 0.6 is 0 Å².